The van der Waals surface area contributed by atoms with Crippen molar-refractivity contribution in [3.63, 3.8) is 0 Å². The minimum Gasteiger partial charge on any atom is -0.497 e. The molecule has 11 nitrogen and oxygen atoms in total. The lowest BCUT2D eigenvalue weighted by molar-refractivity contribution is -0.140. The van der Waals surface area contributed by atoms with E-state index in [0.717, 1.165) is 41.1 Å². The maximum atomic E-state index is 14.6. The summed E-state index contributed by atoms with van der Waals surface area (Å²) in [6.45, 7) is 3.27. The van der Waals surface area contributed by atoms with Gasteiger partial charge in [0.1, 0.15) is 24.1 Å². The van der Waals surface area contributed by atoms with Crippen LogP contribution in [0, 0.1) is 6.92 Å². The summed E-state index contributed by atoms with van der Waals surface area (Å²) < 4.78 is 51.8. The molecule has 0 bridgehead atoms. The Morgan fingerprint density at radius 3 is 2.15 bits per heavy atom. The SMILES string of the molecule is CC[C@@H](C(=O)NC1CCCC1)N(Cc1ccccc1C)C(=O)CN(c1cc(OC)ccc1OC)S(=O)(=O)c1ccc(OC)c(OC)c1. The largest absolute Gasteiger partial charge is 0.497 e. The molecule has 1 aliphatic carbocycles. The summed E-state index contributed by atoms with van der Waals surface area (Å²) in [6.07, 6.45) is 4.20. The van der Waals surface area contributed by atoms with Gasteiger partial charge < -0.3 is 29.2 Å². The summed E-state index contributed by atoms with van der Waals surface area (Å²) in [5, 5.41) is 3.14. The van der Waals surface area contributed by atoms with Gasteiger partial charge in [0.15, 0.2) is 11.5 Å². The fourth-order valence-corrected chi connectivity index (χ4v) is 7.30. The van der Waals surface area contributed by atoms with Gasteiger partial charge in [0.25, 0.3) is 10.0 Å². The molecular weight excluding hydrogens is 622 g/mol. The second-order valence-electron chi connectivity index (χ2n) is 11.4. The number of carbonyl (C=O) groups excluding carboxylic acids is 2. The second-order valence-corrected chi connectivity index (χ2v) is 13.3. The first-order valence-corrected chi connectivity index (χ1v) is 17.1. The number of carbonyl (C=O) groups is 2. The molecule has 254 valence electrons. The van der Waals surface area contributed by atoms with Gasteiger partial charge >= 0.3 is 0 Å². The summed E-state index contributed by atoms with van der Waals surface area (Å²) in [4.78, 5) is 29.7. The van der Waals surface area contributed by atoms with E-state index in [9.17, 15) is 18.0 Å². The van der Waals surface area contributed by atoms with Gasteiger partial charge in [-0.25, -0.2) is 8.42 Å². The molecule has 0 spiro atoms. The van der Waals surface area contributed by atoms with Gasteiger partial charge in [-0.3, -0.25) is 13.9 Å². The number of amides is 2. The van der Waals surface area contributed by atoms with Gasteiger partial charge in [0.05, 0.1) is 39.0 Å². The van der Waals surface area contributed by atoms with Gasteiger partial charge in [-0.1, -0.05) is 44.0 Å². The Kier molecular flexibility index (Phi) is 12.0. The Labute approximate surface area is 277 Å². The van der Waals surface area contributed by atoms with E-state index in [4.69, 9.17) is 18.9 Å². The van der Waals surface area contributed by atoms with Crippen molar-refractivity contribution in [2.75, 3.05) is 39.3 Å². The van der Waals surface area contributed by atoms with Crippen molar-refractivity contribution in [2.45, 2.75) is 69.5 Å². The van der Waals surface area contributed by atoms with E-state index in [1.54, 1.807) is 12.1 Å². The van der Waals surface area contributed by atoms with Crippen molar-refractivity contribution in [1.82, 2.24) is 10.2 Å². The standard InChI is InChI=1S/C35H45N3O8S/c1-7-29(35(40)36-26-14-10-11-15-26)37(22-25-13-9-8-12-24(25)2)34(39)23-38(30-20-27(43-3)16-18-31(30)44-4)47(41,42)28-17-19-32(45-5)33(21-28)46-6/h8-9,12-13,16-21,26,29H,7,10-11,14-15,22-23H2,1-6H3,(H,36,40)/t29-/m0/s1. The normalized spacial score (nSPS) is 13.8. The molecule has 12 heteroatoms. The van der Waals surface area contributed by atoms with Crippen LogP contribution < -0.4 is 28.6 Å². The highest BCUT2D eigenvalue weighted by Crippen LogP contribution is 2.38. The van der Waals surface area contributed by atoms with Gasteiger partial charge in [-0.2, -0.15) is 0 Å². The second kappa shape index (κ2) is 15.9. The van der Waals surface area contributed by atoms with Crippen LogP contribution in [0.1, 0.15) is 50.2 Å². The Morgan fingerprint density at radius 1 is 0.872 bits per heavy atom. The number of sulfonamides is 1. The zero-order chi connectivity index (χ0) is 34.1. The highest BCUT2D eigenvalue weighted by Gasteiger charge is 2.36. The van der Waals surface area contributed by atoms with Crippen LogP contribution in [0.4, 0.5) is 5.69 Å². The van der Waals surface area contributed by atoms with Crippen molar-refractivity contribution >= 4 is 27.5 Å². The highest BCUT2D eigenvalue weighted by atomic mass is 32.2. The van der Waals surface area contributed by atoms with Crippen molar-refractivity contribution in [1.29, 1.82) is 0 Å². The maximum Gasteiger partial charge on any atom is 0.265 e. The minimum absolute atomic E-state index is 0.0509. The average Bonchev–Trinajstić information content (AvgIpc) is 3.60. The zero-order valence-corrected chi connectivity index (χ0v) is 28.8. The van der Waals surface area contributed by atoms with Crippen LogP contribution in [0.3, 0.4) is 0 Å². The molecule has 0 radical (unpaired) electrons. The van der Waals surface area contributed by atoms with E-state index in [0.29, 0.717) is 17.9 Å². The monoisotopic (exact) mass is 667 g/mol. The number of nitrogens with one attached hydrogen (secondary N) is 1. The fraction of sp³-hybridized carbons (Fsp3) is 0.429. The predicted octanol–water partition coefficient (Wildman–Crippen LogP) is 5.09. The molecule has 4 rings (SSSR count). The average molecular weight is 668 g/mol. The van der Waals surface area contributed by atoms with Crippen molar-refractivity contribution in [2.24, 2.45) is 0 Å². The lowest BCUT2D eigenvalue weighted by Gasteiger charge is -2.34. The molecule has 0 saturated heterocycles. The first kappa shape index (κ1) is 35.4. The first-order valence-electron chi connectivity index (χ1n) is 15.7. The summed E-state index contributed by atoms with van der Waals surface area (Å²) in [5.74, 6) is 0.300. The van der Waals surface area contributed by atoms with Crippen molar-refractivity contribution < 1.29 is 37.0 Å². The Bertz CT molecular complexity index is 1660. The smallest absolute Gasteiger partial charge is 0.265 e. The van der Waals surface area contributed by atoms with Gasteiger partial charge in [-0.05, 0) is 61.6 Å². The third kappa shape index (κ3) is 8.10. The number of hydrogen-bond donors (Lipinski definition) is 1. The molecule has 0 unspecified atom stereocenters. The minimum atomic E-state index is -4.44. The molecule has 1 aliphatic rings. The van der Waals surface area contributed by atoms with Gasteiger partial charge in [-0.15, -0.1) is 0 Å². The molecule has 47 heavy (non-hydrogen) atoms. The lowest BCUT2D eigenvalue weighted by atomic mass is 10.1. The molecule has 1 fully saturated rings. The van der Waals surface area contributed by atoms with Crippen LogP contribution in [-0.4, -0.2) is 72.2 Å². The van der Waals surface area contributed by atoms with Crippen LogP contribution in [-0.2, 0) is 26.2 Å². The van der Waals surface area contributed by atoms with Crippen molar-refractivity contribution in [3.8, 4) is 23.0 Å². The fourth-order valence-electron chi connectivity index (χ4n) is 5.87. The topological polar surface area (TPSA) is 124 Å². The number of rotatable bonds is 15. The number of nitrogens with zero attached hydrogens (tertiary/aromatic N) is 2. The third-order valence-electron chi connectivity index (χ3n) is 8.57. The van der Waals surface area contributed by atoms with E-state index < -0.39 is 28.5 Å². The predicted molar refractivity (Wildman–Crippen MR) is 180 cm³/mol. The first-order chi connectivity index (χ1) is 22.6. The maximum absolute atomic E-state index is 14.6. The number of ether oxygens (including phenoxy) is 4. The molecule has 0 heterocycles. The Hall–Kier alpha value is -4.45. The number of benzene rings is 3. The molecule has 0 aromatic heterocycles. The summed E-state index contributed by atoms with van der Waals surface area (Å²) in [7, 11) is 1.30. The molecule has 2 amide bonds. The van der Waals surface area contributed by atoms with Crippen LogP contribution >= 0.6 is 0 Å². The van der Waals surface area contributed by atoms with E-state index >= 15 is 0 Å². The van der Waals surface area contributed by atoms with E-state index in [-0.39, 0.29) is 40.6 Å². The van der Waals surface area contributed by atoms with Crippen molar-refractivity contribution in [3.05, 3.63) is 71.8 Å². The van der Waals surface area contributed by atoms with E-state index in [1.807, 2.05) is 38.1 Å². The highest BCUT2D eigenvalue weighted by molar-refractivity contribution is 7.92. The molecule has 3 aromatic carbocycles. The lowest BCUT2D eigenvalue weighted by Crippen LogP contribution is -2.53. The van der Waals surface area contributed by atoms with Gasteiger partial charge in [0.2, 0.25) is 11.8 Å². The van der Waals surface area contributed by atoms with E-state index in [1.165, 1.54) is 57.6 Å². The van der Waals surface area contributed by atoms with Crippen LogP contribution in [0.5, 0.6) is 23.0 Å². The summed E-state index contributed by atoms with van der Waals surface area (Å²) in [6, 6.07) is 15.8. The Balaban J connectivity index is 1.83. The third-order valence-corrected chi connectivity index (χ3v) is 10.3. The molecular formula is C35H45N3O8S. The van der Waals surface area contributed by atoms with Crippen LogP contribution in [0.25, 0.3) is 0 Å². The Morgan fingerprint density at radius 2 is 1.53 bits per heavy atom. The quantitative estimate of drug-likeness (QED) is 0.238. The number of anilines is 1. The van der Waals surface area contributed by atoms with Gasteiger partial charge in [0, 0.05) is 24.7 Å². The molecule has 1 atom stereocenters. The van der Waals surface area contributed by atoms with E-state index in [2.05, 4.69) is 5.32 Å². The number of aryl methyl sites for hydroxylation is 1. The molecule has 1 N–H and O–H groups in total. The summed E-state index contributed by atoms with van der Waals surface area (Å²) >= 11 is 0. The number of hydrogen-bond acceptors (Lipinski definition) is 8. The molecule has 0 aliphatic heterocycles. The summed E-state index contributed by atoms with van der Waals surface area (Å²) in [5.41, 5.74) is 1.89. The van der Waals surface area contributed by atoms with Crippen LogP contribution in [0.2, 0.25) is 0 Å². The van der Waals surface area contributed by atoms with Crippen LogP contribution in [0.15, 0.2) is 65.6 Å². The number of methoxy groups -OCH3 is 4. The molecule has 3 aromatic rings. The zero-order valence-electron chi connectivity index (χ0n) is 27.9. The molecule has 1 saturated carbocycles.